The number of esters is 6. The molecule has 3 saturated heterocycles. The number of carbonyl (C=O) groups excluding carboxylic acids is 6. The van der Waals surface area contributed by atoms with Gasteiger partial charge >= 0.3 is 35.8 Å². The lowest BCUT2D eigenvalue weighted by Gasteiger charge is -2.52. The Bertz CT molecular complexity index is 1400. The molecule has 16 atom stereocenters. The number of hydrogen-bond acceptors (Lipinski definition) is 18. The molecule has 0 aromatic carbocycles. The van der Waals surface area contributed by atoms with Gasteiger partial charge in [0.15, 0.2) is 18.7 Å². The number of rotatable bonds is 16. The Hall–Kier alpha value is -3.42. The normalized spacial score (nSPS) is 36.5. The zero-order chi connectivity index (χ0) is 42.9. The summed E-state index contributed by atoms with van der Waals surface area (Å²) in [5.74, 6) is -8.76. The summed E-state index contributed by atoms with van der Waals surface area (Å²) in [6, 6.07) is 0. The van der Waals surface area contributed by atoms with Crippen molar-refractivity contribution in [3.05, 3.63) is 0 Å². The Balaban J connectivity index is 2.13. The first kappa shape index (κ1) is 48.0. The average Bonchev–Trinajstić information content (AvgIpc) is 3.13. The molecule has 3 heterocycles. The molecule has 3 rings (SSSR count). The van der Waals surface area contributed by atoms with Gasteiger partial charge in [0.25, 0.3) is 5.79 Å². The van der Waals surface area contributed by atoms with Gasteiger partial charge in [0, 0.05) is 71.8 Å². The lowest BCUT2D eigenvalue weighted by atomic mass is 9.76. The van der Waals surface area contributed by atoms with E-state index in [0.717, 1.165) is 0 Å². The fourth-order valence-corrected chi connectivity index (χ4v) is 7.80. The largest absolute Gasteiger partial charge is 0.465 e. The van der Waals surface area contributed by atoms with E-state index in [-0.39, 0.29) is 38.1 Å². The predicted octanol–water partition coefficient (Wildman–Crippen LogP) is 2.88. The molecule has 0 N–H and O–H groups in total. The van der Waals surface area contributed by atoms with Crippen LogP contribution < -0.4 is 0 Å². The second-order valence-electron chi connectivity index (χ2n) is 15.4. The van der Waals surface area contributed by atoms with E-state index in [2.05, 4.69) is 0 Å². The van der Waals surface area contributed by atoms with E-state index in [4.69, 9.17) is 56.8 Å². The van der Waals surface area contributed by atoms with Crippen molar-refractivity contribution in [2.75, 3.05) is 34.0 Å². The maximum absolute atomic E-state index is 14.0. The Morgan fingerprint density at radius 2 is 1.21 bits per heavy atom. The first-order valence-electron chi connectivity index (χ1n) is 19.3. The number of carbonyl (C=O) groups is 6. The molecule has 57 heavy (non-hydrogen) atoms. The van der Waals surface area contributed by atoms with E-state index in [0.29, 0.717) is 0 Å². The molecule has 3 aliphatic rings. The standard InChI is InChI=1S/C39H62O18/c1-18-14-39(38(45)47-13,56-33(19(18)2)21(4)29(51-27(10)43)15-48-24(7)40)57-34-22(5)31(17-50-26(9)42)54-37(35(34)52-28(11)44)55-32-20(3)30(16-49-25(8)41)53-36(46-12)23(32)6/h18-23,29-37H,14-17H2,1-13H3/t18?,19-,20+,21-,22+,23?,29-,30?,31?,32?,33?,34?,35?,36+,37+,39+/m1/s1. The maximum Gasteiger partial charge on any atom is 0.366 e. The summed E-state index contributed by atoms with van der Waals surface area (Å²) in [5, 5.41) is 0. The van der Waals surface area contributed by atoms with Gasteiger partial charge in [-0.2, -0.15) is 0 Å². The second kappa shape index (κ2) is 21.0. The molecule has 3 aliphatic heterocycles. The quantitative estimate of drug-likeness (QED) is 0.162. The highest BCUT2D eigenvalue weighted by atomic mass is 16.8. The van der Waals surface area contributed by atoms with E-state index < -0.39 is 121 Å². The summed E-state index contributed by atoms with van der Waals surface area (Å²) in [4.78, 5) is 74.6. The fourth-order valence-electron chi connectivity index (χ4n) is 7.80. The van der Waals surface area contributed by atoms with Crippen LogP contribution in [0.5, 0.6) is 0 Å². The van der Waals surface area contributed by atoms with Crippen LogP contribution in [0.15, 0.2) is 0 Å². The number of methoxy groups -OCH3 is 2. The van der Waals surface area contributed by atoms with Crippen LogP contribution in [0.25, 0.3) is 0 Å². The molecule has 0 aliphatic carbocycles. The molecule has 0 bridgehead atoms. The summed E-state index contributed by atoms with van der Waals surface area (Å²) in [6.07, 6.45) is -8.80. The highest BCUT2D eigenvalue weighted by Gasteiger charge is 2.59. The molecule has 3 fully saturated rings. The molecule has 18 nitrogen and oxygen atoms in total. The summed E-state index contributed by atoms with van der Waals surface area (Å²) in [7, 11) is 2.65. The van der Waals surface area contributed by atoms with Gasteiger partial charge in [0.2, 0.25) is 0 Å². The molecule has 0 spiro atoms. The van der Waals surface area contributed by atoms with E-state index in [9.17, 15) is 28.8 Å². The Kier molecular flexibility index (Phi) is 17.7. The molecule has 326 valence electrons. The Morgan fingerprint density at radius 3 is 1.70 bits per heavy atom. The zero-order valence-electron chi connectivity index (χ0n) is 35.3. The van der Waals surface area contributed by atoms with Gasteiger partial charge in [0.1, 0.15) is 38.1 Å². The summed E-state index contributed by atoms with van der Waals surface area (Å²) < 4.78 is 71.1. The molecule has 0 aromatic rings. The third-order valence-corrected chi connectivity index (χ3v) is 11.1. The van der Waals surface area contributed by atoms with Crippen molar-refractivity contribution in [1.82, 2.24) is 0 Å². The van der Waals surface area contributed by atoms with Crippen molar-refractivity contribution in [3.8, 4) is 0 Å². The van der Waals surface area contributed by atoms with Crippen LogP contribution in [0.3, 0.4) is 0 Å². The highest BCUT2D eigenvalue weighted by molar-refractivity contribution is 5.78. The van der Waals surface area contributed by atoms with Crippen LogP contribution in [0.2, 0.25) is 0 Å². The third-order valence-electron chi connectivity index (χ3n) is 11.1. The van der Waals surface area contributed by atoms with Crippen molar-refractivity contribution in [2.45, 2.75) is 144 Å². The molecule has 0 radical (unpaired) electrons. The van der Waals surface area contributed by atoms with Crippen LogP contribution in [0, 0.1) is 35.5 Å². The van der Waals surface area contributed by atoms with Gasteiger partial charge < -0.3 is 56.8 Å². The summed E-state index contributed by atoms with van der Waals surface area (Å²) >= 11 is 0. The topological polar surface area (TPSA) is 213 Å². The van der Waals surface area contributed by atoms with Gasteiger partial charge in [-0.15, -0.1) is 0 Å². The van der Waals surface area contributed by atoms with Crippen molar-refractivity contribution in [2.24, 2.45) is 35.5 Å². The first-order valence-corrected chi connectivity index (χ1v) is 19.3. The first-order chi connectivity index (χ1) is 26.7. The monoisotopic (exact) mass is 818 g/mol. The SMILES string of the molecule is COC(=O)[C@@]1(OC2C(OC(C)=O)[C@H](OC3C(C)[C@@H](OC)OC(COC(C)=O)[C@@H]3C)OC(COC(C)=O)[C@@H]2C)CC(C)[C@@H](C)C([C@H](C)[C@@H](COC(C)=O)OC(C)=O)O1. The molecular formula is C39H62O18. The molecular weight excluding hydrogens is 756 g/mol. The van der Waals surface area contributed by atoms with Crippen molar-refractivity contribution < 1.29 is 85.6 Å². The van der Waals surface area contributed by atoms with E-state index in [1.165, 1.54) is 48.8 Å². The molecule has 0 amide bonds. The van der Waals surface area contributed by atoms with Crippen LogP contribution in [0.1, 0.15) is 82.6 Å². The maximum atomic E-state index is 14.0. The van der Waals surface area contributed by atoms with Crippen molar-refractivity contribution in [3.63, 3.8) is 0 Å². The number of ether oxygens (including phenoxy) is 12. The summed E-state index contributed by atoms with van der Waals surface area (Å²) in [5.41, 5.74) is 0. The average molecular weight is 819 g/mol. The highest BCUT2D eigenvalue weighted by Crippen LogP contribution is 2.46. The minimum atomic E-state index is -2.12. The second-order valence-corrected chi connectivity index (χ2v) is 15.4. The van der Waals surface area contributed by atoms with E-state index in [1.807, 2.05) is 27.7 Å². The van der Waals surface area contributed by atoms with E-state index in [1.54, 1.807) is 13.8 Å². The van der Waals surface area contributed by atoms with Crippen LogP contribution in [0.4, 0.5) is 0 Å². The van der Waals surface area contributed by atoms with Crippen LogP contribution >= 0.6 is 0 Å². The molecule has 0 aromatic heterocycles. The van der Waals surface area contributed by atoms with Crippen molar-refractivity contribution in [1.29, 1.82) is 0 Å². The predicted molar refractivity (Wildman–Crippen MR) is 194 cm³/mol. The van der Waals surface area contributed by atoms with Crippen LogP contribution in [-0.4, -0.2) is 131 Å². The smallest absolute Gasteiger partial charge is 0.366 e. The van der Waals surface area contributed by atoms with Crippen LogP contribution in [-0.2, 0) is 85.6 Å². The molecule has 0 saturated carbocycles. The molecule has 8 unspecified atom stereocenters. The van der Waals surface area contributed by atoms with Crippen molar-refractivity contribution >= 4 is 35.8 Å². The lowest BCUT2D eigenvalue weighted by Crippen LogP contribution is -2.65. The fraction of sp³-hybridized carbons (Fsp3) is 0.846. The van der Waals surface area contributed by atoms with E-state index >= 15 is 0 Å². The molecule has 18 heteroatoms. The Labute approximate surface area is 334 Å². The van der Waals surface area contributed by atoms with Gasteiger partial charge in [-0.3, -0.25) is 24.0 Å². The van der Waals surface area contributed by atoms with Gasteiger partial charge in [0.05, 0.1) is 25.4 Å². The summed E-state index contributed by atoms with van der Waals surface area (Å²) in [6.45, 7) is 16.5. The number of hydrogen-bond donors (Lipinski definition) is 0. The minimum absolute atomic E-state index is 0.00930. The zero-order valence-corrected chi connectivity index (χ0v) is 35.3. The third kappa shape index (κ3) is 12.3. The lowest BCUT2D eigenvalue weighted by molar-refractivity contribution is -0.374. The minimum Gasteiger partial charge on any atom is -0.465 e. The van der Waals surface area contributed by atoms with Gasteiger partial charge in [-0.1, -0.05) is 41.5 Å². The van der Waals surface area contributed by atoms with Gasteiger partial charge in [-0.05, 0) is 11.8 Å². The Morgan fingerprint density at radius 1 is 0.667 bits per heavy atom. The van der Waals surface area contributed by atoms with Gasteiger partial charge in [-0.25, -0.2) is 4.79 Å².